The van der Waals surface area contributed by atoms with Gasteiger partial charge in [-0.05, 0) is 72.6 Å². The lowest BCUT2D eigenvalue weighted by Crippen LogP contribution is -2.34. The number of benzene rings is 3. The number of methoxy groups -OCH3 is 2. The van der Waals surface area contributed by atoms with Crippen molar-refractivity contribution < 1.29 is 38.1 Å². The molecule has 0 aromatic heterocycles. The van der Waals surface area contributed by atoms with Crippen molar-refractivity contribution >= 4 is 23.6 Å². The first-order valence-electron chi connectivity index (χ1n) is 13.2. The molecule has 5 rings (SSSR count). The van der Waals surface area contributed by atoms with Crippen LogP contribution in [0, 0.1) is 6.92 Å². The lowest BCUT2D eigenvalue weighted by molar-refractivity contribution is -0.139. The number of ether oxygens (including phenoxy) is 4. The molecule has 1 unspecified atom stereocenters. The molecule has 2 heterocycles. The SMILES string of the molecule is COc1ccc(OCCN2C(=O)c3cc(C4CC(=O)N(CCOc5ccc(OC)cc5)C4=O)cc(C)c3C2=O)cc1. The van der Waals surface area contributed by atoms with Gasteiger partial charge in [-0.15, -0.1) is 0 Å². The Kier molecular flexibility index (Phi) is 7.91. The molecule has 10 heteroatoms. The summed E-state index contributed by atoms with van der Waals surface area (Å²) in [6, 6.07) is 17.3. The Labute approximate surface area is 237 Å². The number of hydrogen-bond donors (Lipinski definition) is 0. The number of hydrogen-bond acceptors (Lipinski definition) is 8. The van der Waals surface area contributed by atoms with Gasteiger partial charge in [0.25, 0.3) is 11.8 Å². The van der Waals surface area contributed by atoms with Crippen LogP contribution in [0.3, 0.4) is 0 Å². The van der Waals surface area contributed by atoms with Gasteiger partial charge >= 0.3 is 0 Å². The zero-order valence-corrected chi connectivity index (χ0v) is 23.0. The van der Waals surface area contributed by atoms with Gasteiger partial charge in [-0.25, -0.2) is 0 Å². The first-order valence-corrected chi connectivity index (χ1v) is 13.2. The Balaban J connectivity index is 1.22. The van der Waals surface area contributed by atoms with Crippen molar-refractivity contribution in [2.75, 3.05) is 40.5 Å². The van der Waals surface area contributed by atoms with Gasteiger partial charge in [-0.2, -0.15) is 0 Å². The summed E-state index contributed by atoms with van der Waals surface area (Å²) in [5.74, 6) is 0.319. The van der Waals surface area contributed by atoms with E-state index in [1.54, 1.807) is 81.8 Å². The molecule has 0 N–H and O–H groups in total. The highest BCUT2D eigenvalue weighted by atomic mass is 16.5. The van der Waals surface area contributed by atoms with Crippen molar-refractivity contribution in [3.63, 3.8) is 0 Å². The van der Waals surface area contributed by atoms with Crippen LogP contribution in [0.4, 0.5) is 0 Å². The van der Waals surface area contributed by atoms with Crippen LogP contribution in [-0.2, 0) is 9.59 Å². The second-order valence-electron chi connectivity index (χ2n) is 9.71. The normalized spacial score (nSPS) is 16.3. The zero-order valence-electron chi connectivity index (χ0n) is 23.0. The van der Waals surface area contributed by atoms with E-state index < -0.39 is 17.7 Å². The van der Waals surface area contributed by atoms with Crippen LogP contribution >= 0.6 is 0 Å². The Hall–Kier alpha value is -4.86. The molecule has 0 bridgehead atoms. The number of fused-ring (bicyclic) bond motifs is 1. The van der Waals surface area contributed by atoms with Gasteiger partial charge in [-0.3, -0.25) is 29.0 Å². The predicted octanol–water partition coefficient (Wildman–Crippen LogP) is 3.61. The maximum Gasteiger partial charge on any atom is 0.261 e. The molecule has 0 aliphatic carbocycles. The van der Waals surface area contributed by atoms with Crippen molar-refractivity contribution in [1.29, 1.82) is 0 Å². The number of rotatable bonds is 11. The van der Waals surface area contributed by atoms with Crippen LogP contribution in [0.25, 0.3) is 0 Å². The molecule has 4 amide bonds. The molecule has 10 nitrogen and oxygen atoms in total. The van der Waals surface area contributed by atoms with E-state index in [0.717, 1.165) is 4.90 Å². The summed E-state index contributed by atoms with van der Waals surface area (Å²) in [5, 5.41) is 0. The van der Waals surface area contributed by atoms with E-state index >= 15 is 0 Å². The lowest BCUT2D eigenvalue weighted by atomic mass is 9.91. The Morgan fingerprint density at radius 3 is 1.76 bits per heavy atom. The summed E-state index contributed by atoms with van der Waals surface area (Å²) >= 11 is 0. The van der Waals surface area contributed by atoms with E-state index in [-0.39, 0.29) is 50.1 Å². The Morgan fingerprint density at radius 1 is 0.707 bits per heavy atom. The van der Waals surface area contributed by atoms with E-state index in [9.17, 15) is 19.2 Å². The van der Waals surface area contributed by atoms with E-state index in [1.807, 2.05) is 0 Å². The molecule has 1 atom stereocenters. The highest BCUT2D eigenvalue weighted by molar-refractivity contribution is 6.22. The number of aryl methyl sites for hydroxylation is 1. The van der Waals surface area contributed by atoms with Gasteiger partial charge in [-0.1, -0.05) is 6.07 Å². The van der Waals surface area contributed by atoms with Crippen LogP contribution in [-0.4, -0.2) is 74.0 Å². The molecular formula is C31H30N2O8. The van der Waals surface area contributed by atoms with Crippen molar-refractivity contribution in [3.8, 4) is 23.0 Å². The summed E-state index contributed by atoms with van der Waals surface area (Å²) in [5.41, 5.74) is 1.66. The lowest BCUT2D eigenvalue weighted by Gasteiger charge is -2.16. The smallest absolute Gasteiger partial charge is 0.261 e. The number of likely N-dealkylation sites (tertiary alicyclic amines) is 1. The number of amides is 4. The molecule has 1 fully saturated rings. The third-order valence-electron chi connectivity index (χ3n) is 7.22. The molecule has 0 radical (unpaired) electrons. The van der Waals surface area contributed by atoms with Crippen LogP contribution in [0.2, 0.25) is 0 Å². The minimum Gasteiger partial charge on any atom is -0.497 e. The number of carbonyl (C=O) groups excluding carboxylic acids is 4. The van der Waals surface area contributed by atoms with Crippen LogP contribution in [0.1, 0.15) is 44.2 Å². The summed E-state index contributed by atoms with van der Waals surface area (Å²) in [6.45, 7) is 2.15. The van der Waals surface area contributed by atoms with Gasteiger partial charge in [0.05, 0.1) is 44.4 Å². The maximum absolute atomic E-state index is 13.2. The van der Waals surface area contributed by atoms with Crippen LogP contribution in [0.15, 0.2) is 60.7 Å². The summed E-state index contributed by atoms with van der Waals surface area (Å²) in [4.78, 5) is 54.6. The molecule has 3 aromatic rings. The molecule has 3 aromatic carbocycles. The topological polar surface area (TPSA) is 112 Å². The molecule has 1 saturated heterocycles. The molecule has 212 valence electrons. The van der Waals surface area contributed by atoms with E-state index in [2.05, 4.69) is 0 Å². The fourth-order valence-electron chi connectivity index (χ4n) is 5.08. The van der Waals surface area contributed by atoms with Gasteiger partial charge in [0, 0.05) is 6.42 Å². The number of carbonyl (C=O) groups is 4. The molecule has 41 heavy (non-hydrogen) atoms. The van der Waals surface area contributed by atoms with Crippen LogP contribution in [0.5, 0.6) is 23.0 Å². The molecule has 0 spiro atoms. The standard InChI is InChI=1S/C31H30N2O8/c1-19-16-20(25-18-27(34)32(29(25)35)12-14-40-23-8-4-21(38-2)5-9-23)17-26-28(19)31(37)33(30(26)36)13-15-41-24-10-6-22(39-3)7-11-24/h4-11,16-17,25H,12-15,18H2,1-3H3. The summed E-state index contributed by atoms with van der Waals surface area (Å²) in [7, 11) is 3.14. The van der Waals surface area contributed by atoms with Crippen molar-refractivity contribution in [2.45, 2.75) is 19.3 Å². The summed E-state index contributed by atoms with van der Waals surface area (Å²) < 4.78 is 21.6. The van der Waals surface area contributed by atoms with E-state index in [4.69, 9.17) is 18.9 Å². The second-order valence-corrected chi connectivity index (χ2v) is 9.71. The first kappa shape index (κ1) is 27.7. The van der Waals surface area contributed by atoms with Crippen molar-refractivity contribution in [3.05, 3.63) is 82.9 Å². The van der Waals surface area contributed by atoms with Crippen molar-refractivity contribution in [1.82, 2.24) is 9.80 Å². The van der Waals surface area contributed by atoms with Gasteiger partial charge in [0.1, 0.15) is 36.2 Å². The number of imide groups is 2. The molecular weight excluding hydrogens is 528 g/mol. The Morgan fingerprint density at radius 2 is 1.22 bits per heavy atom. The van der Waals surface area contributed by atoms with Gasteiger partial charge < -0.3 is 18.9 Å². The Bertz CT molecular complexity index is 1480. The zero-order chi connectivity index (χ0) is 29.1. The van der Waals surface area contributed by atoms with Crippen molar-refractivity contribution in [2.24, 2.45) is 0 Å². The minimum atomic E-state index is -0.733. The van der Waals surface area contributed by atoms with E-state index in [1.165, 1.54) is 4.90 Å². The fourth-order valence-corrected chi connectivity index (χ4v) is 5.08. The third-order valence-corrected chi connectivity index (χ3v) is 7.22. The van der Waals surface area contributed by atoms with Gasteiger partial charge in [0.15, 0.2) is 0 Å². The number of nitrogens with zero attached hydrogens (tertiary/aromatic N) is 2. The molecule has 2 aliphatic rings. The molecule has 2 aliphatic heterocycles. The fraction of sp³-hybridized carbons (Fsp3) is 0.290. The largest absolute Gasteiger partial charge is 0.497 e. The average Bonchev–Trinajstić information content (AvgIpc) is 3.40. The monoisotopic (exact) mass is 558 g/mol. The van der Waals surface area contributed by atoms with E-state index in [0.29, 0.717) is 39.7 Å². The maximum atomic E-state index is 13.2. The van der Waals surface area contributed by atoms with Gasteiger partial charge in [0.2, 0.25) is 11.8 Å². The molecule has 0 saturated carbocycles. The van der Waals surface area contributed by atoms with Crippen LogP contribution < -0.4 is 18.9 Å². The first-order chi connectivity index (χ1) is 19.8. The quantitative estimate of drug-likeness (QED) is 0.328. The minimum absolute atomic E-state index is 0.0127. The highest BCUT2D eigenvalue weighted by Crippen LogP contribution is 2.35. The average molecular weight is 559 g/mol. The highest BCUT2D eigenvalue weighted by Gasteiger charge is 2.42. The third kappa shape index (κ3) is 5.58. The second kappa shape index (κ2) is 11.7. The predicted molar refractivity (Wildman–Crippen MR) is 148 cm³/mol. The summed E-state index contributed by atoms with van der Waals surface area (Å²) in [6.07, 6.45) is -0.0127.